The maximum atomic E-state index is 12.6. The van der Waals surface area contributed by atoms with Gasteiger partial charge in [0.2, 0.25) is 5.91 Å². The van der Waals surface area contributed by atoms with E-state index in [-0.39, 0.29) is 24.7 Å². The molecular weight excluding hydrogens is 225 g/mol. The Labute approximate surface area is 98.7 Å². The second kappa shape index (κ2) is 5.98. The Balaban J connectivity index is 2.63. The van der Waals surface area contributed by atoms with Gasteiger partial charge in [-0.3, -0.25) is 9.59 Å². The number of amides is 1. The number of benzene rings is 1. The molecule has 17 heavy (non-hydrogen) atoms. The lowest BCUT2D eigenvalue weighted by atomic mass is 10.1. The van der Waals surface area contributed by atoms with Crippen LogP contribution >= 0.6 is 0 Å². The average molecular weight is 239 g/mol. The fraction of sp³-hybridized carbons (Fsp3) is 0.333. The molecule has 4 nitrogen and oxygen atoms in total. The second-order valence-corrected chi connectivity index (χ2v) is 3.60. The molecule has 0 atom stereocenters. The fourth-order valence-electron chi connectivity index (χ4n) is 1.43. The van der Waals surface area contributed by atoms with Crippen LogP contribution in [0.15, 0.2) is 24.3 Å². The highest BCUT2D eigenvalue weighted by molar-refractivity contribution is 5.82. The van der Waals surface area contributed by atoms with E-state index in [9.17, 15) is 14.0 Å². The molecule has 0 aliphatic carbocycles. The number of nitrogens with zero attached hydrogens (tertiary/aromatic N) is 1. The van der Waals surface area contributed by atoms with Crippen LogP contribution < -0.4 is 0 Å². The minimum Gasteiger partial charge on any atom is -0.480 e. The lowest BCUT2D eigenvalue weighted by Crippen LogP contribution is -2.36. The summed E-state index contributed by atoms with van der Waals surface area (Å²) < 4.78 is 12.6. The SMILES string of the molecule is CCN(CC(=O)O)C(=O)Cc1ccc(F)cc1. The molecule has 0 saturated carbocycles. The summed E-state index contributed by atoms with van der Waals surface area (Å²) in [6, 6.07) is 5.58. The Morgan fingerprint density at radius 3 is 2.35 bits per heavy atom. The van der Waals surface area contributed by atoms with Crippen molar-refractivity contribution in [2.45, 2.75) is 13.3 Å². The molecule has 0 aromatic heterocycles. The van der Waals surface area contributed by atoms with Gasteiger partial charge in [0.1, 0.15) is 12.4 Å². The average Bonchev–Trinajstić information content (AvgIpc) is 2.28. The number of hydrogen-bond acceptors (Lipinski definition) is 2. The lowest BCUT2D eigenvalue weighted by Gasteiger charge is -2.18. The molecule has 0 spiro atoms. The molecule has 1 aromatic rings. The fourth-order valence-corrected chi connectivity index (χ4v) is 1.43. The summed E-state index contributed by atoms with van der Waals surface area (Å²) >= 11 is 0. The van der Waals surface area contributed by atoms with Crippen molar-refractivity contribution in [3.63, 3.8) is 0 Å². The number of carbonyl (C=O) groups is 2. The van der Waals surface area contributed by atoms with Crippen LogP contribution in [0.3, 0.4) is 0 Å². The molecule has 0 saturated heterocycles. The monoisotopic (exact) mass is 239 g/mol. The maximum Gasteiger partial charge on any atom is 0.323 e. The highest BCUT2D eigenvalue weighted by Crippen LogP contribution is 2.05. The van der Waals surface area contributed by atoms with Crippen molar-refractivity contribution in [3.05, 3.63) is 35.6 Å². The van der Waals surface area contributed by atoms with E-state index in [1.54, 1.807) is 6.92 Å². The molecule has 1 amide bonds. The topological polar surface area (TPSA) is 57.6 Å². The summed E-state index contributed by atoms with van der Waals surface area (Å²) in [6.45, 7) is 1.74. The van der Waals surface area contributed by atoms with Gasteiger partial charge in [0.05, 0.1) is 6.42 Å². The van der Waals surface area contributed by atoms with Crippen molar-refractivity contribution in [2.24, 2.45) is 0 Å². The van der Waals surface area contributed by atoms with Gasteiger partial charge in [0, 0.05) is 6.54 Å². The van der Waals surface area contributed by atoms with Crippen molar-refractivity contribution in [1.29, 1.82) is 0 Å². The summed E-state index contributed by atoms with van der Waals surface area (Å²) in [5.74, 6) is -1.68. The van der Waals surface area contributed by atoms with E-state index in [0.717, 1.165) is 0 Å². The van der Waals surface area contributed by atoms with Gasteiger partial charge in [-0.2, -0.15) is 0 Å². The van der Waals surface area contributed by atoms with Crippen LogP contribution in [0.4, 0.5) is 4.39 Å². The number of likely N-dealkylation sites (N-methyl/N-ethyl adjacent to an activating group) is 1. The zero-order valence-corrected chi connectivity index (χ0v) is 9.52. The number of hydrogen-bond donors (Lipinski definition) is 1. The standard InChI is InChI=1S/C12H14FNO3/c1-2-14(8-12(16)17)11(15)7-9-3-5-10(13)6-4-9/h3-6H,2,7-8H2,1H3,(H,16,17). The number of carbonyl (C=O) groups excluding carboxylic acids is 1. The quantitative estimate of drug-likeness (QED) is 0.842. The first-order valence-corrected chi connectivity index (χ1v) is 5.27. The van der Waals surface area contributed by atoms with Crippen molar-refractivity contribution in [1.82, 2.24) is 4.90 Å². The van der Waals surface area contributed by atoms with Crippen LogP contribution in [0.1, 0.15) is 12.5 Å². The molecule has 1 aromatic carbocycles. The Bertz CT molecular complexity index is 403. The summed E-state index contributed by atoms with van der Waals surface area (Å²) in [5, 5.41) is 8.62. The minimum atomic E-state index is -1.04. The number of halogens is 1. The molecule has 1 N–H and O–H groups in total. The third-order valence-electron chi connectivity index (χ3n) is 2.33. The second-order valence-electron chi connectivity index (χ2n) is 3.60. The number of carboxylic acid groups (broad SMARTS) is 1. The van der Waals surface area contributed by atoms with Crippen LogP contribution in [0.5, 0.6) is 0 Å². The summed E-state index contributed by atoms with van der Waals surface area (Å²) in [7, 11) is 0. The number of rotatable bonds is 5. The molecule has 0 radical (unpaired) electrons. The molecule has 0 bridgehead atoms. The van der Waals surface area contributed by atoms with Crippen molar-refractivity contribution < 1.29 is 19.1 Å². The maximum absolute atomic E-state index is 12.6. The Morgan fingerprint density at radius 2 is 1.88 bits per heavy atom. The van der Waals surface area contributed by atoms with Crippen molar-refractivity contribution in [3.8, 4) is 0 Å². The smallest absolute Gasteiger partial charge is 0.323 e. The zero-order chi connectivity index (χ0) is 12.8. The van der Waals surface area contributed by atoms with Gasteiger partial charge in [0.25, 0.3) is 0 Å². The van der Waals surface area contributed by atoms with Crippen molar-refractivity contribution >= 4 is 11.9 Å². The summed E-state index contributed by atoms with van der Waals surface area (Å²) in [6.07, 6.45) is 0.0847. The van der Waals surface area contributed by atoms with E-state index in [1.165, 1.54) is 29.2 Å². The molecular formula is C12H14FNO3. The molecule has 92 valence electrons. The van der Waals surface area contributed by atoms with Gasteiger partial charge in [0.15, 0.2) is 0 Å². The minimum absolute atomic E-state index is 0.0847. The van der Waals surface area contributed by atoms with Gasteiger partial charge in [-0.25, -0.2) is 4.39 Å². The summed E-state index contributed by atoms with van der Waals surface area (Å²) in [5.41, 5.74) is 0.667. The largest absolute Gasteiger partial charge is 0.480 e. The van der Waals surface area contributed by atoms with Crippen LogP contribution in [0, 0.1) is 5.82 Å². The molecule has 0 aliphatic heterocycles. The number of carboxylic acids is 1. The predicted octanol–water partition coefficient (Wildman–Crippen LogP) is 1.30. The number of aliphatic carboxylic acids is 1. The van der Waals surface area contributed by atoms with Gasteiger partial charge in [-0.05, 0) is 24.6 Å². The van der Waals surface area contributed by atoms with E-state index in [4.69, 9.17) is 5.11 Å². The van der Waals surface area contributed by atoms with Gasteiger partial charge in [-0.1, -0.05) is 12.1 Å². The van der Waals surface area contributed by atoms with Crippen LogP contribution in [0.2, 0.25) is 0 Å². The predicted molar refractivity (Wildman–Crippen MR) is 60.0 cm³/mol. The van der Waals surface area contributed by atoms with E-state index < -0.39 is 5.97 Å². The lowest BCUT2D eigenvalue weighted by molar-refractivity contribution is -0.144. The van der Waals surface area contributed by atoms with E-state index >= 15 is 0 Å². The molecule has 0 aliphatic rings. The third-order valence-corrected chi connectivity index (χ3v) is 2.33. The van der Waals surface area contributed by atoms with E-state index in [0.29, 0.717) is 12.1 Å². The van der Waals surface area contributed by atoms with Crippen molar-refractivity contribution in [2.75, 3.05) is 13.1 Å². The molecule has 5 heteroatoms. The molecule has 0 heterocycles. The van der Waals surface area contributed by atoms with Crippen LogP contribution in [0.25, 0.3) is 0 Å². The first-order chi connectivity index (χ1) is 8.02. The van der Waals surface area contributed by atoms with Gasteiger partial charge < -0.3 is 10.0 Å². The third kappa shape index (κ3) is 4.22. The zero-order valence-electron chi connectivity index (χ0n) is 9.52. The first-order valence-electron chi connectivity index (χ1n) is 5.27. The van der Waals surface area contributed by atoms with Gasteiger partial charge in [-0.15, -0.1) is 0 Å². The highest BCUT2D eigenvalue weighted by atomic mass is 19.1. The molecule has 0 fully saturated rings. The molecule has 0 unspecified atom stereocenters. The first kappa shape index (κ1) is 13.2. The Hall–Kier alpha value is -1.91. The van der Waals surface area contributed by atoms with Gasteiger partial charge >= 0.3 is 5.97 Å². The van der Waals surface area contributed by atoms with Crippen LogP contribution in [-0.2, 0) is 16.0 Å². The van der Waals surface area contributed by atoms with E-state index in [1.807, 2.05) is 0 Å². The summed E-state index contributed by atoms with van der Waals surface area (Å²) in [4.78, 5) is 23.5. The van der Waals surface area contributed by atoms with E-state index in [2.05, 4.69) is 0 Å². The van der Waals surface area contributed by atoms with Crippen LogP contribution in [-0.4, -0.2) is 35.0 Å². The molecule has 1 rings (SSSR count). The Kier molecular flexibility index (Phi) is 4.63. The normalized spacial score (nSPS) is 10.0. The Morgan fingerprint density at radius 1 is 1.29 bits per heavy atom. The highest BCUT2D eigenvalue weighted by Gasteiger charge is 2.15.